The Morgan fingerprint density at radius 3 is 2.15 bits per heavy atom. The van der Waals surface area contributed by atoms with Gasteiger partial charge in [0.1, 0.15) is 6.61 Å². The standard InChI is InChI=1S/C24H23F3N2O5/c25-24(26,27)20(22(31)32)29-21(30)13-9-10-14(11-13)28-23(33)34-12-19-17-7-3-1-5-15(17)16-6-2-4-8-18(16)19/h1-8,13-14,19-20H,9-12H2,(H,28,33)(H,29,30)(H,31,32)/t13-,14+,20?/m1/s1. The van der Waals surface area contributed by atoms with Crippen molar-refractivity contribution in [3.05, 3.63) is 59.7 Å². The van der Waals surface area contributed by atoms with Crippen molar-refractivity contribution >= 4 is 18.0 Å². The van der Waals surface area contributed by atoms with E-state index in [0.29, 0.717) is 6.42 Å². The molecule has 2 amide bonds. The number of hydrogen-bond donors (Lipinski definition) is 3. The largest absolute Gasteiger partial charge is 0.479 e. The number of hydrogen-bond acceptors (Lipinski definition) is 4. The highest BCUT2D eigenvalue weighted by molar-refractivity contribution is 5.86. The highest BCUT2D eigenvalue weighted by Gasteiger charge is 2.47. The van der Waals surface area contributed by atoms with E-state index >= 15 is 0 Å². The van der Waals surface area contributed by atoms with Crippen LogP contribution in [-0.4, -0.2) is 47.9 Å². The summed E-state index contributed by atoms with van der Waals surface area (Å²) in [6.07, 6.45) is -5.08. The number of alkyl carbamates (subject to hydrolysis) is 1. The Hall–Kier alpha value is -3.56. The highest BCUT2D eigenvalue weighted by Crippen LogP contribution is 2.44. The van der Waals surface area contributed by atoms with Gasteiger partial charge in [-0.3, -0.25) is 4.79 Å². The zero-order chi connectivity index (χ0) is 24.5. The Morgan fingerprint density at radius 1 is 1.00 bits per heavy atom. The molecule has 1 saturated carbocycles. The fraction of sp³-hybridized carbons (Fsp3) is 0.375. The molecule has 3 atom stereocenters. The van der Waals surface area contributed by atoms with Gasteiger partial charge in [-0.15, -0.1) is 0 Å². The average molecular weight is 476 g/mol. The third-order valence-electron chi connectivity index (χ3n) is 6.33. The minimum absolute atomic E-state index is 0.0974. The molecule has 180 valence electrons. The number of nitrogens with one attached hydrogen (secondary N) is 2. The van der Waals surface area contributed by atoms with Gasteiger partial charge in [-0.25, -0.2) is 9.59 Å². The summed E-state index contributed by atoms with van der Waals surface area (Å²) in [6, 6.07) is 12.4. The normalized spacial score (nSPS) is 20.2. The SMILES string of the molecule is O=C(N[C@H]1CC[C@@H](C(=O)NC(C(=O)O)C(F)(F)F)C1)OCC1c2ccccc2-c2ccccc21. The molecule has 2 aromatic rings. The van der Waals surface area contributed by atoms with E-state index in [0.717, 1.165) is 22.3 Å². The number of carboxylic acids is 1. The van der Waals surface area contributed by atoms with E-state index in [1.807, 2.05) is 48.5 Å². The fourth-order valence-corrected chi connectivity index (χ4v) is 4.70. The first-order valence-corrected chi connectivity index (χ1v) is 10.9. The van der Waals surface area contributed by atoms with Crippen LogP contribution in [0.15, 0.2) is 48.5 Å². The number of carboxylic acid groups (broad SMARTS) is 1. The number of fused-ring (bicyclic) bond motifs is 3. The van der Waals surface area contributed by atoms with Crippen molar-refractivity contribution in [3.8, 4) is 11.1 Å². The summed E-state index contributed by atoms with van der Waals surface area (Å²) in [5, 5.41) is 12.9. The molecule has 0 heterocycles. The lowest BCUT2D eigenvalue weighted by atomic mass is 9.98. The second-order valence-corrected chi connectivity index (χ2v) is 8.50. The first-order chi connectivity index (χ1) is 16.1. The number of carbonyl (C=O) groups excluding carboxylic acids is 2. The van der Waals surface area contributed by atoms with E-state index in [9.17, 15) is 27.6 Å². The zero-order valence-corrected chi connectivity index (χ0v) is 18.0. The third-order valence-corrected chi connectivity index (χ3v) is 6.33. The molecule has 0 aliphatic heterocycles. The second kappa shape index (κ2) is 9.36. The molecule has 10 heteroatoms. The van der Waals surface area contributed by atoms with Crippen LogP contribution in [0, 0.1) is 5.92 Å². The quantitative estimate of drug-likeness (QED) is 0.588. The lowest BCUT2D eigenvalue weighted by Gasteiger charge is -2.20. The van der Waals surface area contributed by atoms with Gasteiger partial charge in [-0.2, -0.15) is 13.2 Å². The van der Waals surface area contributed by atoms with Gasteiger partial charge in [-0.05, 0) is 41.5 Å². The molecule has 34 heavy (non-hydrogen) atoms. The highest BCUT2D eigenvalue weighted by atomic mass is 19.4. The molecule has 0 saturated heterocycles. The molecule has 2 aliphatic rings. The first kappa shape index (κ1) is 23.6. The molecule has 0 bridgehead atoms. The van der Waals surface area contributed by atoms with E-state index in [1.165, 1.54) is 0 Å². The summed E-state index contributed by atoms with van der Waals surface area (Å²) in [4.78, 5) is 35.4. The van der Waals surface area contributed by atoms with Gasteiger partial charge in [0.05, 0.1) is 0 Å². The summed E-state index contributed by atoms with van der Waals surface area (Å²) in [7, 11) is 0. The van der Waals surface area contributed by atoms with Gasteiger partial charge >= 0.3 is 18.2 Å². The van der Waals surface area contributed by atoms with Crippen LogP contribution in [0.3, 0.4) is 0 Å². The van der Waals surface area contributed by atoms with Crippen LogP contribution < -0.4 is 10.6 Å². The molecule has 3 N–H and O–H groups in total. The zero-order valence-electron chi connectivity index (χ0n) is 18.0. The molecule has 1 unspecified atom stereocenters. The monoisotopic (exact) mass is 476 g/mol. The molecule has 2 aliphatic carbocycles. The van der Waals surface area contributed by atoms with Crippen LogP contribution in [-0.2, 0) is 14.3 Å². The Labute approximate surface area is 193 Å². The molecule has 4 rings (SSSR count). The van der Waals surface area contributed by atoms with Crippen LogP contribution in [0.5, 0.6) is 0 Å². The Kier molecular flexibility index (Phi) is 6.49. The summed E-state index contributed by atoms with van der Waals surface area (Å²) in [5.74, 6) is -4.12. The number of carbonyl (C=O) groups is 3. The van der Waals surface area contributed by atoms with Crippen molar-refractivity contribution in [1.82, 2.24) is 10.6 Å². The van der Waals surface area contributed by atoms with Crippen molar-refractivity contribution in [3.63, 3.8) is 0 Å². The second-order valence-electron chi connectivity index (χ2n) is 8.50. The maximum Gasteiger partial charge on any atom is 0.419 e. The lowest BCUT2D eigenvalue weighted by Crippen LogP contribution is -2.52. The van der Waals surface area contributed by atoms with E-state index in [1.54, 1.807) is 5.32 Å². The summed E-state index contributed by atoms with van der Waals surface area (Å²) < 4.78 is 43.8. The predicted molar refractivity (Wildman–Crippen MR) is 115 cm³/mol. The van der Waals surface area contributed by atoms with Gasteiger partial charge in [-0.1, -0.05) is 48.5 Å². The minimum Gasteiger partial charge on any atom is -0.479 e. The Balaban J connectivity index is 1.30. The van der Waals surface area contributed by atoms with Crippen molar-refractivity contribution < 1.29 is 37.4 Å². The van der Waals surface area contributed by atoms with Gasteiger partial charge in [0, 0.05) is 17.9 Å². The molecule has 1 fully saturated rings. The van der Waals surface area contributed by atoms with Gasteiger partial charge in [0.25, 0.3) is 0 Å². The number of alkyl halides is 3. The van der Waals surface area contributed by atoms with Crippen molar-refractivity contribution in [2.75, 3.05) is 6.61 Å². The molecule has 0 spiro atoms. The minimum atomic E-state index is -5.10. The third kappa shape index (κ3) is 4.85. The van der Waals surface area contributed by atoms with E-state index in [2.05, 4.69) is 5.32 Å². The summed E-state index contributed by atoms with van der Waals surface area (Å²) in [6.45, 7) is 0.113. The maximum atomic E-state index is 12.8. The van der Waals surface area contributed by atoms with E-state index < -0.39 is 42.1 Å². The molecular formula is C24H23F3N2O5. The molecular weight excluding hydrogens is 453 g/mol. The van der Waals surface area contributed by atoms with Gasteiger partial charge in [0.15, 0.2) is 0 Å². The van der Waals surface area contributed by atoms with Crippen molar-refractivity contribution in [1.29, 1.82) is 0 Å². The van der Waals surface area contributed by atoms with Crippen LogP contribution in [0.2, 0.25) is 0 Å². The number of halogens is 3. The van der Waals surface area contributed by atoms with Crippen LogP contribution in [0.25, 0.3) is 11.1 Å². The summed E-state index contributed by atoms with van der Waals surface area (Å²) >= 11 is 0. The smallest absolute Gasteiger partial charge is 0.419 e. The predicted octanol–water partition coefficient (Wildman–Crippen LogP) is 3.83. The maximum absolute atomic E-state index is 12.8. The van der Waals surface area contributed by atoms with Crippen LogP contribution in [0.1, 0.15) is 36.3 Å². The number of ether oxygens (including phenoxy) is 1. The average Bonchev–Trinajstić information content (AvgIpc) is 3.37. The van der Waals surface area contributed by atoms with Crippen molar-refractivity contribution in [2.45, 2.75) is 43.4 Å². The van der Waals surface area contributed by atoms with Crippen LogP contribution in [0.4, 0.5) is 18.0 Å². The number of amides is 2. The lowest BCUT2D eigenvalue weighted by molar-refractivity contribution is -0.182. The molecule has 0 radical (unpaired) electrons. The van der Waals surface area contributed by atoms with Gasteiger partial charge in [0.2, 0.25) is 11.9 Å². The van der Waals surface area contributed by atoms with E-state index in [-0.39, 0.29) is 25.4 Å². The first-order valence-electron chi connectivity index (χ1n) is 10.9. The van der Waals surface area contributed by atoms with Crippen LogP contribution >= 0.6 is 0 Å². The Bertz CT molecular complexity index is 1060. The molecule has 7 nitrogen and oxygen atoms in total. The number of rotatable bonds is 6. The number of aliphatic carboxylic acids is 1. The van der Waals surface area contributed by atoms with Crippen molar-refractivity contribution in [2.24, 2.45) is 5.92 Å². The molecule has 2 aromatic carbocycles. The summed E-state index contributed by atoms with van der Waals surface area (Å²) in [5.41, 5.74) is 4.31. The van der Waals surface area contributed by atoms with E-state index in [4.69, 9.17) is 9.84 Å². The van der Waals surface area contributed by atoms with Gasteiger partial charge < -0.3 is 20.5 Å². The topological polar surface area (TPSA) is 105 Å². The molecule has 0 aromatic heterocycles. The number of benzene rings is 2. The fourth-order valence-electron chi connectivity index (χ4n) is 4.70. The Morgan fingerprint density at radius 2 is 1.59 bits per heavy atom.